The van der Waals surface area contributed by atoms with E-state index in [2.05, 4.69) is 22.8 Å². The van der Waals surface area contributed by atoms with Gasteiger partial charge in [0.1, 0.15) is 5.75 Å². The number of para-hydroxylation sites is 3. The molecule has 30 heavy (non-hydrogen) atoms. The monoisotopic (exact) mass is 396 g/mol. The highest BCUT2D eigenvalue weighted by Gasteiger charge is 2.36. The Balaban J connectivity index is 1.64. The molecule has 3 aromatic carbocycles. The van der Waals surface area contributed by atoms with Crippen molar-refractivity contribution in [2.24, 2.45) is 0 Å². The van der Waals surface area contributed by atoms with Gasteiger partial charge >= 0.3 is 0 Å². The molecule has 1 heterocycles. The van der Waals surface area contributed by atoms with Crippen LogP contribution in [0.5, 0.6) is 5.75 Å². The minimum absolute atomic E-state index is 0.175. The fraction of sp³-hybridized carbons (Fsp3) is 0.192. The van der Waals surface area contributed by atoms with E-state index in [1.54, 1.807) is 7.11 Å². The van der Waals surface area contributed by atoms with Crippen LogP contribution in [0.25, 0.3) is 0 Å². The average molecular weight is 396 g/mol. The second-order valence-electron chi connectivity index (χ2n) is 7.82. The highest BCUT2D eigenvalue weighted by atomic mass is 16.5. The average Bonchev–Trinajstić information content (AvgIpc) is 2.96. The Hall–Kier alpha value is -3.53. The van der Waals surface area contributed by atoms with Gasteiger partial charge in [-0.3, -0.25) is 4.79 Å². The van der Waals surface area contributed by atoms with Gasteiger partial charge in [0.2, 0.25) is 0 Å². The van der Waals surface area contributed by atoms with Gasteiger partial charge in [0.05, 0.1) is 24.5 Å². The standard InChI is InChI=1S/C26H24N2O2/c1-30-24-14-8-5-11-19(24)26-25-22(27-20-12-6-7-13-21(20)28-26)15-18(16-23(25)29)17-9-3-2-4-10-17/h2-14,18,26-28H,15-16H2,1H3/t18-,26+/m0/s1. The molecule has 2 atom stereocenters. The molecular formula is C26H24N2O2. The van der Waals surface area contributed by atoms with Crippen LogP contribution in [-0.4, -0.2) is 12.9 Å². The highest BCUT2D eigenvalue weighted by Crippen LogP contribution is 2.45. The van der Waals surface area contributed by atoms with Crippen molar-refractivity contribution in [2.45, 2.75) is 24.8 Å². The Kier molecular flexibility index (Phi) is 4.75. The van der Waals surface area contributed by atoms with Crippen molar-refractivity contribution in [2.75, 3.05) is 17.7 Å². The summed E-state index contributed by atoms with van der Waals surface area (Å²) < 4.78 is 5.64. The van der Waals surface area contributed by atoms with Crippen LogP contribution < -0.4 is 15.4 Å². The summed E-state index contributed by atoms with van der Waals surface area (Å²) in [5, 5.41) is 7.20. The van der Waals surface area contributed by atoms with E-state index in [9.17, 15) is 4.79 Å². The number of hydrogen-bond donors (Lipinski definition) is 2. The number of hydrogen-bond acceptors (Lipinski definition) is 4. The molecule has 4 heteroatoms. The highest BCUT2D eigenvalue weighted by molar-refractivity contribution is 6.01. The molecule has 0 fully saturated rings. The zero-order valence-electron chi connectivity index (χ0n) is 16.9. The molecule has 0 saturated carbocycles. The number of ketones is 1. The van der Waals surface area contributed by atoms with Crippen molar-refractivity contribution >= 4 is 17.2 Å². The molecule has 1 aliphatic heterocycles. The molecule has 4 nitrogen and oxygen atoms in total. The predicted molar refractivity (Wildman–Crippen MR) is 120 cm³/mol. The van der Waals surface area contributed by atoms with Gasteiger partial charge in [-0.2, -0.15) is 0 Å². The van der Waals surface area contributed by atoms with Gasteiger partial charge in [0.25, 0.3) is 0 Å². The van der Waals surface area contributed by atoms with Crippen molar-refractivity contribution in [1.82, 2.24) is 0 Å². The van der Waals surface area contributed by atoms with E-state index in [0.717, 1.165) is 40.4 Å². The number of anilines is 2. The molecule has 2 aliphatic rings. The molecular weight excluding hydrogens is 372 g/mol. The second-order valence-corrected chi connectivity index (χ2v) is 7.82. The zero-order chi connectivity index (χ0) is 20.5. The van der Waals surface area contributed by atoms with Gasteiger partial charge in [-0.15, -0.1) is 0 Å². The van der Waals surface area contributed by atoms with E-state index in [-0.39, 0.29) is 17.7 Å². The lowest BCUT2D eigenvalue weighted by atomic mass is 9.78. The Morgan fingerprint density at radius 2 is 1.53 bits per heavy atom. The minimum atomic E-state index is -0.267. The summed E-state index contributed by atoms with van der Waals surface area (Å²) in [7, 11) is 1.67. The number of carbonyl (C=O) groups is 1. The second kappa shape index (κ2) is 7.71. The summed E-state index contributed by atoms with van der Waals surface area (Å²) in [6, 6.07) is 26.1. The number of rotatable bonds is 3. The number of allylic oxidation sites excluding steroid dienone is 1. The maximum absolute atomic E-state index is 13.5. The maximum atomic E-state index is 13.5. The first-order chi connectivity index (χ1) is 14.7. The third kappa shape index (κ3) is 3.24. The van der Waals surface area contributed by atoms with Gasteiger partial charge in [-0.25, -0.2) is 0 Å². The van der Waals surface area contributed by atoms with Gasteiger partial charge in [0.15, 0.2) is 5.78 Å². The van der Waals surface area contributed by atoms with E-state index >= 15 is 0 Å². The van der Waals surface area contributed by atoms with E-state index in [4.69, 9.17) is 4.74 Å². The molecule has 0 aromatic heterocycles. The molecule has 1 aliphatic carbocycles. The van der Waals surface area contributed by atoms with Crippen molar-refractivity contribution in [3.63, 3.8) is 0 Å². The predicted octanol–water partition coefficient (Wildman–Crippen LogP) is 5.67. The molecule has 2 N–H and O–H groups in total. The van der Waals surface area contributed by atoms with Crippen LogP contribution in [0.1, 0.15) is 35.9 Å². The number of fused-ring (bicyclic) bond motifs is 1. The Morgan fingerprint density at radius 1 is 0.833 bits per heavy atom. The molecule has 0 bridgehead atoms. The molecule has 0 amide bonds. The lowest BCUT2D eigenvalue weighted by molar-refractivity contribution is -0.116. The van der Waals surface area contributed by atoms with Crippen molar-refractivity contribution in [3.05, 3.63) is 101 Å². The van der Waals surface area contributed by atoms with Gasteiger partial charge < -0.3 is 15.4 Å². The molecule has 0 saturated heterocycles. The largest absolute Gasteiger partial charge is 0.496 e. The van der Waals surface area contributed by atoms with Crippen LogP contribution >= 0.6 is 0 Å². The first-order valence-electron chi connectivity index (χ1n) is 10.3. The third-order valence-corrected chi connectivity index (χ3v) is 6.03. The van der Waals surface area contributed by atoms with Crippen LogP contribution in [0, 0.1) is 0 Å². The van der Waals surface area contributed by atoms with E-state index in [0.29, 0.717) is 6.42 Å². The molecule has 3 aromatic rings. The molecule has 0 unspecified atom stereocenters. The summed E-state index contributed by atoms with van der Waals surface area (Å²) in [4.78, 5) is 13.5. The summed E-state index contributed by atoms with van der Waals surface area (Å²) in [6.45, 7) is 0. The fourth-order valence-electron chi connectivity index (χ4n) is 4.59. The van der Waals surface area contributed by atoms with Crippen molar-refractivity contribution in [3.8, 4) is 5.75 Å². The minimum Gasteiger partial charge on any atom is -0.496 e. The van der Waals surface area contributed by atoms with E-state index in [1.165, 1.54) is 5.56 Å². The van der Waals surface area contributed by atoms with Crippen LogP contribution in [-0.2, 0) is 4.79 Å². The number of Topliss-reactive ketones (excluding diaryl/α,β-unsaturated/α-hetero) is 1. The molecule has 0 spiro atoms. The smallest absolute Gasteiger partial charge is 0.163 e. The summed E-state index contributed by atoms with van der Waals surface area (Å²) >= 11 is 0. The third-order valence-electron chi connectivity index (χ3n) is 6.03. The van der Waals surface area contributed by atoms with E-state index in [1.807, 2.05) is 66.7 Å². The van der Waals surface area contributed by atoms with Crippen LogP contribution in [0.3, 0.4) is 0 Å². The topological polar surface area (TPSA) is 50.4 Å². The van der Waals surface area contributed by atoms with Crippen molar-refractivity contribution < 1.29 is 9.53 Å². The Morgan fingerprint density at radius 3 is 2.33 bits per heavy atom. The Labute approximate surface area is 176 Å². The van der Waals surface area contributed by atoms with Gasteiger partial charge in [-0.1, -0.05) is 60.7 Å². The van der Waals surface area contributed by atoms with Gasteiger partial charge in [-0.05, 0) is 36.1 Å². The number of nitrogens with one attached hydrogen (secondary N) is 2. The molecule has 0 radical (unpaired) electrons. The number of benzene rings is 3. The number of carbonyl (C=O) groups excluding carboxylic acids is 1. The van der Waals surface area contributed by atoms with Crippen LogP contribution in [0.4, 0.5) is 11.4 Å². The lowest BCUT2D eigenvalue weighted by Gasteiger charge is -2.30. The fourth-order valence-corrected chi connectivity index (χ4v) is 4.59. The zero-order valence-corrected chi connectivity index (χ0v) is 16.9. The SMILES string of the molecule is COc1ccccc1[C@H]1Nc2ccccc2NC2=C1C(=O)C[C@@H](c1ccccc1)C2. The van der Waals surface area contributed by atoms with Crippen LogP contribution in [0.15, 0.2) is 90.1 Å². The summed E-state index contributed by atoms with van der Waals surface area (Å²) in [5.41, 5.74) is 5.95. The maximum Gasteiger partial charge on any atom is 0.163 e. The summed E-state index contributed by atoms with van der Waals surface area (Å²) in [5.74, 6) is 1.13. The van der Waals surface area contributed by atoms with E-state index < -0.39 is 0 Å². The summed E-state index contributed by atoms with van der Waals surface area (Å²) in [6.07, 6.45) is 1.31. The first kappa shape index (κ1) is 18.5. The van der Waals surface area contributed by atoms with Crippen LogP contribution in [0.2, 0.25) is 0 Å². The number of ether oxygens (including phenoxy) is 1. The van der Waals surface area contributed by atoms with Gasteiger partial charge in [0, 0.05) is 23.3 Å². The molecule has 150 valence electrons. The first-order valence-corrected chi connectivity index (χ1v) is 10.3. The number of methoxy groups -OCH3 is 1. The lowest BCUT2D eigenvalue weighted by Crippen LogP contribution is -2.27. The molecule has 5 rings (SSSR count). The normalized spacial score (nSPS) is 20.4. The Bertz CT molecular complexity index is 1120. The van der Waals surface area contributed by atoms with Crippen molar-refractivity contribution in [1.29, 1.82) is 0 Å². The quantitative estimate of drug-likeness (QED) is 0.598.